The first-order chi connectivity index (χ1) is 5.65. The summed E-state index contributed by atoms with van der Waals surface area (Å²) in [5.41, 5.74) is 5.25. The second kappa shape index (κ2) is 5.93. The second-order valence-electron chi connectivity index (χ2n) is 2.71. The molecule has 1 unspecified atom stereocenters. The summed E-state index contributed by atoms with van der Waals surface area (Å²) in [7, 11) is 0. The van der Waals surface area contributed by atoms with Crippen LogP contribution >= 0.6 is 0 Å². The van der Waals surface area contributed by atoms with Gasteiger partial charge >= 0.3 is 0 Å². The van der Waals surface area contributed by atoms with E-state index in [4.69, 9.17) is 15.9 Å². The molecule has 5 N–H and O–H groups in total. The van der Waals surface area contributed by atoms with E-state index in [0.29, 0.717) is 0 Å². The van der Waals surface area contributed by atoms with Crippen LogP contribution in [-0.4, -0.2) is 41.9 Å². The van der Waals surface area contributed by atoms with Crippen molar-refractivity contribution < 1.29 is 15.0 Å². The van der Waals surface area contributed by atoms with E-state index in [9.17, 15) is 4.79 Å². The van der Waals surface area contributed by atoms with E-state index in [1.54, 1.807) is 6.92 Å². The van der Waals surface area contributed by atoms with E-state index in [1.807, 2.05) is 0 Å². The zero-order valence-corrected chi connectivity index (χ0v) is 7.16. The number of nitrogens with two attached hydrogens (primary N) is 1. The standard InChI is InChI=1S/C7H16N2O3/c1-5(2-8)7(12)9-6(3-10)4-11/h5-6,10-11H,2-4,8H2,1H3,(H,9,12). The van der Waals surface area contributed by atoms with E-state index in [2.05, 4.69) is 5.32 Å². The Morgan fingerprint density at radius 1 is 1.50 bits per heavy atom. The Bertz CT molecular complexity index is 137. The zero-order chi connectivity index (χ0) is 9.56. The fourth-order valence-electron chi connectivity index (χ4n) is 0.600. The number of amides is 1. The highest BCUT2D eigenvalue weighted by Crippen LogP contribution is 1.92. The first kappa shape index (κ1) is 11.4. The molecule has 0 bridgehead atoms. The lowest BCUT2D eigenvalue weighted by Crippen LogP contribution is -2.44. The summed E-state index contributed by atoms with van der Waals surface area (Å²) in [6, 6.07) is -0.577. The van der Waals surface area contributed by atoms with Gasteiger partial charge < -0.3 is 21.3 Å². The topological polar surface area (TPSA) is 95.6 Å². The first-order valence-electron chi connectivity index (χ1n) is 3.87. The lowest BCUT2D eigenvalue weighted by molar-refractivity contribution is -0.125. The van der Waals surface area contributed by atoms with Crippen LogP contribution < -0.4 is 11.1 Å². The molecular formula is C7H16N2O3. The summed E-state index contributed by atoms with van der Waals surface area (Å²) in [5.74, 6) is -0.531. The van der Waals surface area contributed by atoms with Gasteiger partial charge in [-0.05, 0) is 0 Å². The van der Waals surface area contributed by atoms with E-state index >= 15 is 0 Å². The van der Waals surface area contributed by atoms with Crippen molar-refractivity contribution in [3.63, 3.8) is 0 Å². The van der Waals surface area contributed by atoms with Crippen LogP contribution in [0.2, 0.25) is 0 Å². The van der Waals surface area contributed by atoms with Gasteiger partial charge in [-0.15, -0.1) is 0 Å². The quantitative estimate of drug-likeness (QED) is 0.391. The maximum absolute atomic E-state index is 11.1. The fourth-order valence-corrected chi connectivity index (χ4v) is 0.600. The van der Waals surface area contributed by atoms with Gasteiger partial charge in [-0.3, -0.25) is 4.79 Å². The number of aliphatic hydroxyl groups excluding tert-OH is 2. The molecule has 0 heterocycles. The normalized spacial score (nSPS) is 13.1. The predicted octanol–water partition coefficient (Wildman–Crippen LogP) is -1.95. The number of carbonyl (C=O) groups excluding carboxylic acids is 1. The maximum atomic E-state index is 11.1. The Morgan fingerprint density at radius 3 is 2.33 bits per heavy atom. The molecular weight excluding hydrogens is 160 g/mol. The molecule has 0 fully saturated rings. The van der Waals surface area contributed by atoms with Crippen molar-refractivity contribution >= 4 is 5.91 Å². The van der Waals surface area contributed by atoms with Gasteiger partial charge in [-0.2, -0.15) is 0 Å². The van der Waals surface area contributed by atoms with Gasteiger partial charge in [0.2, 0.25) is 5.91 Å². The van der Waals surface area contributed by atoms with Crippen LogP contribution in [0.3, 0.4) is 0 Å². The monoisotopic (exact) mass is 176 g/mol. The minimum absolute atomic E-state index is 0.245. The lowest BCUT2D eigenvalue weighted by atomic mass is 10.1. The molecule has 0 aromatic carbocycles. The van der Waals surface area contributed by atoms with Crippen LogP contribution in [0.25, 0.3) is 0 Å². The summed E-state index contributed by atoms with van der Waals surface area (Å²) in [6.45, 7) is 1.41. The number of rotatable bonds is 5. The van der Waals surface area contributed by atoms with E-state index in [-0.39, 0.29) is 31.6 Å². The first-order valence-corrected chi connectivity index (χ1v) is 3.87. The Labute approximate surface area is 71.6 Å². The summed E-state index contributed by atoms with van der Waals surface area (Å²) >= 11 is 0. The van der Waals surface area contributed by atoms with Gasteiger partial charge in [-0.1, -0.05) is 6.92 Å². The van der Waals surface area contributed by atoms with Crippen LogP contribution in [0.1, 0.15) is 6.92 Å². The van der Waals surface area contributed by atoms with Crippen molar-refractivity contribution in [1.29, 1.82) is 0 Å². The van der Waals surface area contributed by atoms with Gasteiger partial charge in [0.1, 0.15) is 0 Å². The van der Waals surface area contributed by atoms with Gasteiger partial charge in [0.15, 0.2) is 0 Å². The number of aliphatic hydroxyl groups is 2. The molecule has 0 aliphatic heterocycles. The number of carbonyl (C=O) groups is 1. The van der Waals surface area contributed by atoms with Gasteiger partial charge in [0.05, 0.1) is 19.3 Å². The summed E-state index contributed by atoms with van der Waals surface area (Å²) in [6.07, 6.45) is 0. The van der Waals surface area contributed by atoms with Crippen LogP contribution in [0.5, 0.6) is 0 Å². The summed E-state index contributed by atoms with van der Waals surface area (Å²) in [5, 5.41) is 19.7. The molecule has 0 aliphatic rings. The van der Waals surface area contributed by atoms with Gasteiger partial charge in [-0.25, -0.2) is 0 Å². The van der Waals surface area contributed by atoms with E-state index in [1.165, 1.54) is 0 Å². The Kier molecular flexibility index (Phi) is 5.61. The van der Waals surface area contributed by atoms with Crippen LogP contribution in [0, 0.1) is 5.92 Å². The van der Waals surface area contributed by atoms with Crippen LogP contribution in [-0.2, 0) is 4.79 Å². The average molecular weight is 176 g/mol. The fraction of sp³-hybridized carbons (Fsp3) is 0.857. The SMILES string of the molecule is CC(CN)C(=O)NC(CO)CO. The molecule has 0 rings (SSSR count). The molecule has 5 heteroatoms. The van der Waals surface area contributed by atoms with E-state index in [0.717, 1.165) is 0 Å². The number of hydrogen-bond donors (Lipinski definition) is 4. The molecule has 0 spiro atoms. The third-order valence-electron chi connectivity index (χ3n) is 1.59. The average Bonchev–Trinajstić information content (AvgIpc) is 2.12. The summed E-state index contributed by atoms with van der Waals surface area (Å²) < 4.78 is 0. The van der Waals surface area contributed by atoms with Gasteiger partial charge in [0, 0.05) is 12.5 Å². The molecule has 0 aromatic heterocycles. The molecule has 0 radical (unpaired) electrons. The second-order valence-corrected chi connectivity index (χ2v) is 2.71. The molecule has 0 saturated carbocycles. The van der Waals surface area contributed by atoms with E-state index < -0.39 is 6.04 Å². The molecule has 0 saturated heterocycles. The number of hydrogen-bond acceptors (Lipinski definition) is 4. The Balaban J connectivity index is 3.81. The van der Waals surface area contributed by atoms with Crippen molar-refractivity contribution in [2.24, 2.45) is 11.7 Å². The molecule has 1 amide bonds. The lowest BCUT2D eigenvalue weighted by Gasteiger charge is -2.15. The number of nitrogens with one attached hydrogen (secondary N) is 1. The largest absolute Gasteiger partial charge is 0.394 e. The van der Waals surface area contributed by atoms with Crippen LogP contribution in [0.15, 0.2) is 0 Å². The van der Waals surface area contributed by atoms with Crippen molar-refractivity contribution in [1.82, 2.24) is 5.32 Å². The zero-order valence-electron chi connectivity index (χ0n) is 7.16. The Morgan fingerprint density at radius 2 is 2.00 bits per heavy atom. The smallest absolute Gasteiger partial charge is 0.224 e. The highest BCUT2D eigenvalue weighted by Gasteiger charge is 2.14. The molecule has 0 aromatic rings. The maximum Gasteiger partial charge on any atom is 0.224 e. The Hall–Kier alpha value is -0.650. The van der Waals surface area contributed by atoms with Crippen molar-refractivity contribution in [3.05, 3.63) is 0 Å². The van der Waals surface area contributed by atoms with Crippen molar-refractivity contribution in [2.75, 3.05) is 19.8 Å². The minimum Gasteiger partial charge on any atom is -0.394 e. The molecule has 5 nitrogen and oxygen atoms in total. The molecule has 1 atom stereocenters. The van der Waals surface area contributed by atoms with Gasteiger partial charge in [0.25, 0.3) is 0 Å². The highest BCUT2D eigenvalue weighted by atomic mass is 16.3. The third-order valence-corrected chi connectivity index (χ3v) is 1.59. The minimum atomic E-state index is -0.577. The van der Waals surface area contributed by atoms with Crippen molar-refractivity contribution in [2.45, 2.75) is 13.0 Å². The predicted molar refractivity (Wildman–Crippen MR) is 44.3 cm³/mol. The molecule has 12 heavy (non-hydrogen) atoms. The molecule has 0 aliphatic carbocycles. The van der Waals surface area contributed by atoms with Crippen molar-refractivity contribution in [3.8, 4) is 0 Å². The summed E-state index contributed by atoms with van der Waals surface area (Å²) in [4.78, 5) is 11.1. The molecule has 72 valence electrons. The highest BCUT2D eigenvalue weighted by molar-refractivity contribution is 5.78. The third kappa shape index (κ3) is 3.66. The van der Waals surface area contributed by atoms with Crippen LogP contribution in [0.4, 0.5) is 0 Å².